The fourth-order valence-corrected chi connectivity index (χ4v) is 3.15. The third kappa shape index (κ3) is 17.1. The van der Waals surface area contributed by atoms with Crippen LogP contribution in [0.4, 0.5) is 0 Å². The quantitative estimate of drug-likeness (QED) is 0.238. The minimum atomic E-state index is -0.0652. The molecular weight excluding hydrogens is 342 g/mol. The first-order chi connectivity index (χ1) is 12.6. The second-order valence-electron chi connectivity index (χ2n) is 9.00. The van der Waals surface area contributed by atoms with Crippen molar-refractivity contribution in [1.29, 1.82) is 0 Å². The van der Waals surface area contributed by atoms with Crippen LogP contribution in [-0.2, 0) is 9.53 Å². The van der Waals surface area contributed by atoms with Gasteiger partial charge >= 0.3 is 5.97 Å². The van der Waals surface area contributed by atoms with E-state index < -0.39 is 0 Å². The smallest absolute Gasteiger partial charge is 0.307 e. The van der Waals surface area contributed by atoms with Crippen LogP contribution >= 0.6 is 0 Å². The van der Waals surface area contributed by atoms with E-state index >= 15 is 0 Å². The SMILES string of the molecule is CN(C)C[C@H](C[NH+](C)C)OC(=O)CCN(CCC[NH+](C)C)CCC[NH+](C)C. The summed E-state index contributed by atoms with van der Waals surface area (Å²) in [6, 6.07) is 0. The molecule has 0 aliphatic rings. The van der Waals surface area contributed by atoms with Crippen LogP contribution in [0.25, 0.3) is 0 Å². The first-order valence-corrected chi connectivity index (χ1v) is 10.5. The highest BCUT2D eigenvalue weighted by molar-refractivity contribution is 5.69. The summed E-state index contributed by atoms with van der Waals surface area (Å²) in [5, 5.41) is 0. The fraction of sp³-hybridized carbons (Fsp3) is 0.950. The van der Waals surface area contributed by atoms with Crippen LogP contribution in [0, 0.1) is 0 Å². The maximum Gasteiger partial charge on any atom is 0.307 e. The van der Waals surface area contributed by atoms with Gasteiger partial charge in [-0.25, -0.2) is 0 Å². The highest BCUT2D eigenvalue weighted by Crippen LogP contribution is 2.00. The number of nitrogens with zero attached hydrogens (tertiary/aromatic N) is 2. The monoisotopic (exact) mass is 390 g/mol. The van der Waals surface area contributed by atoms with Crippen molar-refractivity contribution in [3.8, 4) is 0 Å². The van der Waals surface area contributed by atoms with Gasteiger partial charge in [-0.3, -0.25) is 4.79 Å². The summed E-state index contributed by atoms with van der Waals surface area (Å²) in [4.78, 5) is 21.2. The number of carbonyl (C=O) groups is 1. The lowest BCUT2D eigenvalue weighted by Gasteiger charge is -2.25. The Morgan fingerprint density at radius 3 is 1.78 bits per heavy atom. The lowest BCUT2D eigenvalue weighted by molar-refractivity contribution is -0.861. The molecule has 3 N–H and O–H groups in total. The van der Waals surface area contributed by atoms with Gasteiger partial charge < -0.3 is 29.2 Å². The molecule has 0 unspecified atom stereocenters. The molecule has 7 nitrogen and oxygen atoms in total. The van der Waals surface area contributed by atoms with Crippen LogP contribution in [0.5, 0.6) is 0 Å². The van der Waals surface area contributed by atoms with Crippen molar-refractivity contribution in [2.75, 3.05) is 102 Å². The minimum absolute atomic E-state index is 0.0411. The van der Waals surface area contributed by atoms with Gasteiger partial charge in [-0.05, 0) is 14.1 Å². The topological polar surface area (TPSA) is 46.1 Å². The first kappa shape index (κ1) is 26.3. The average Bonchev–Trinajstić information content (AvgIpc) is 2.49. The molecule has 0 radical (unpaired) electrons. The van der Waals surface area contributed by atoms with E-state index in [-0.39, 0.29) is 12.1 Å². The van der Waals surface area contributed by atoms with Crippen molar-refractivity contribution in [1.82, 2.24) is 9.80 Å². The predicted molar refractivity (Wildman–Crippen MR) is 112 cm³/mol. The molecule has 1 atom stereocenters. The van der Waals surface area contributed by atoms with Gasteiger partial charge in [0, 0.05) is 39.0 Å². The van der Waals surface area contributed by atoms with Gasteiger partial charge in [-0.2, -0.15) is 0 Å². The molecule has 27 heavy (non-hydrogen) atoms. The zero-order chi connectivity index (χ0) is 20.8. The summed E-state index contributed by atoms with van der Waals surface area (Å²) in [5.41, 5.74) is 0. The van der Waals surface area contributed by atoms with Crippen molar-refractivity contribution >= 4 is 5.97 Å². The summed E-state index contributed by atoms with van der Waals surface area (Å²) in [7, 11) is 17.0. The number of likely N-dealkylation sites (N-methyl/N-ethyl adjacent to an activating group) is 2. The normalized spacial score (nSPS) is 13.4. The summed E-state index contributed by atoms with van der Waals surface area (Å²) >= 11 is 0. The second-order valence-corrected chi connectivity index (χ2v) is 9.00. The van der Waals surface area contributed by atoms with E-state index in [1.54, 1.807) is 0 Å². The number of ether oxygens (including phenoxy) is 1. The highest BCUT2D eigenvalue weighted by Gasteiger charge is 2.19. The number of esters is 1. The zero-order valence-corrected chi connectivity index (χ0v) is 19.4. The Kier molecular flexibility index (Phi) is 14.8. The predicted octanol–water partition coefficient (Wildman–Crippen LogP) is -3.63. The lowest BCUT2D eigenvalue weighted by Crippen LogP contribution is -3.07. The van der Waals surface area contributed by atoms with E-state index in [4.69, 9.17) is 4.74 Å². The lowest BCUT2D eigenvalue weighted by atomic mass is 10.2. The van der Waals surface area contributed by atoms with E-state index in [9.17, 15) is 4.79 Å². The van der Waals surface area contributed by atoms with E-state index in [1.807, 2.05) is 14.1 Å². The fourth-order valence-electron chi connectivity index (χ4n) is 3.15. The summed E-state index contributed by atoms with van der Waals surface area (Å²) < 4.78 is 5.77. The summed E-state index contributed by atoms with van der Waals surface area (Å²) in [6.07, 6.45) is 2.77. The molecule has 0 aliphatic heterocycles. The Morgan fingerprint density at radius 2 is 1.37 bits per heavy atom. The van der Waals surface area contributed by atoms with E-state index in [1.165, 1.54) is 27.5 Å². The first-order valence-electron chi connectivity index (χ1n) is 10.5. The standard InChI is InChI=1S/C20H45N5O2/c1-21(2)12-9-14-25(15-10-13-22(3)4)16-11-20(26)27-19(17-23(5)6)18-24(7)8/h19H,9-18H2,1-8H3/p+3. The molecule has 7 heteroatoms. The Morgan fingerprint density at radius 1 is 0.852 bits per heavy atom. The highest BCUT2D eigenvalue weighted by atomic mass is 16.5. The number of carbonyl (C=O) groups excluding carboxylic acids is 1. The van der Waals surface area contributed by atoms with Gasteiger partial charge in [-0.1, -0.05) is 0 Å². The summed E-state index contributed by atoms with van der Waals surface area (Å²) in [5.74, 6) is -0.0652. The largest absolute Gasteiger partial charge is 0.455 e. The second kappa shape index (κ2) is 15.2. The van der Waals surface area contributed by atoms with E-state index in [0.717, 1.165) is 45.8 Å². The van der Waals surface area contributed by atoms with Crippen LogP contribution in [0.2, 0.25) is 0 Å². The average molecular weight is 391 g/mol. The zero-order valence-electron chi connectivity index (χ0n) is 19.4. The molecule has 0 spiro atoms. The van der Waals surface area contributed by atoms with Gasteiger partial charge in [0.1, 0.15) is 6.54 Å². The Balaban J connectivity index is 4.45. The molecule has 162 valence electrons. The van der Waals surface area contributed by atoms with Crippen molar-refractivity contribution < 1.29 is 24.2 Å². The maximum absolute atomic E-state index is 12.4. The van der Waals surface area contributed by atoms with Crippen molar-refractivity contribution in [2.24, 2.45) is 0 Å². The number of rotatable bonds is 16. The summed E-state index contributed by atoms with van der Waals surface area (Å²) in [6.45, 7) is 6.86. The van der Waals surface area contributed by atoms with Crippen LogP contribution in [0.15, 0.2) is 0 Å². The Labute approximate surface area is 168 Å². The Hall–Kier alpha value is -0.730. The van der Waals surface area contributed by atoms with Crippen LogP contribution in [-0.4, -0.2) is 124 Å². The molecule has 0 aliphatic carbocycles. The molecule has 0 aromatic rings. The molecule has 0 heterocycles. The van der Waals surface area contributed by atoms with Crippen molar-refractivity contribution in [3.05, 3.63) is 0 Å². The molecule has 0 aromatic carbocycles. The van der Waals surface area contributed by atoms with Crippen molar-refractivity contribution in [3.63, 3.8) is 0 Å². The van der Waals surface area contributed by atoms with Gasteiger partial charge in [-0.15, -0.1) is 0 Å². The minimum Gasteiger partial charge on any atom is -0.455 e. The molecule has 0 bridgehead atoms. The third-order valence-corrected chi connectivity index (χ3v) is 4.44. The molecule has 0 aromatic heterocycles. The van der Waals surface area contributed by atoms with Crippen LogP contribution in [0.1, 0.15) is 19.3 Å². The molecule has 0 saturated heterocycles. The van der Waals surface area contributed by atoms with Crippen LogP contribution in [0.3, 0.4) is 0 Å². The molecule has 0 amide bonds. The molecule has 0 rings (SSSR count). The van der Waals surface area contributed by atoms with Gasteiger partial charge in [0.05, 0.1) is 61.8 Å². The maximum atomic E-state index is 12.4. The number of nitrogens with one attached hydrogen (secondary N) is 3. The van der Waals surface area contributed by atoms with Crippen LogP contribution < -0.4 is 14.7 Å². The van der Waals surface area contributed by atoms with Gasteiger partial charge in [0.2, 0.25) is 0 Å². The number of quaternary nitrogens is 3. The number of hydrogen-bond donors (Lipinski definition) is 3. The third-order valence-electron chi connectivity index (χ3n) is 4.44. The van der Waals surface area contributed by atoms with Gasteiger partial charge in [0.15, 0.2) is 6.10 Å². The van der Waals surface area contributed by atoms with E-state index in [0.29, 0.717) is 6.42 Å². The van der Waals surface area contributed by atoms with Gasteiger partial charge in [0.25, 0.3) is 0 Å². The molecule has 0 fully saturated rings. The molecular formula is C20H48N5O2+3. The number of hydrogen-bond acceptors (Lipinski definition) is 4. The Bertz CT molecular complexity index is 351. The van der Waals surface area contributed by atoms with Crippen molar-refractivity contribution in [2.45, 2.75) is 25.4 Å². The van der Waals surface area contributed by atoms with E-state index in [2.05, 4.69) is 52.1 Å². The molecule has 0 saturated carbocycles.